The molecule has 0 unspecified atom stereocenters. The van der Waals surface area contributed by atoms with Gasteiger partial charge in [-0.05, 0) is 33.6 Å². The molecule has 2 aromatic carbocycles. The fourth-order valence-corrected chi connectivity index (χ4v) is 3.39. The Labute approximate surface area is 186 Å². The van der Waals surface area contributed by atoms with Crippen molar-refractivity contribution in [1.82, 2.24) is 9.78 Å². The molecule has 154 valence electrons. The number of hydrogen-bond acceptors (Lipinski definition) is 6. The summed E-state index contributed by atoms with van der Waals surface area (Å²) in [5.74, 6) is -0.670. The van der Waals surface area contributed by atoms with E-state index in [0.29, 0.717) is 14.5 Å². The van der Waals surface area contributed by atoms with Gasteiger partial charge in [0, 0.05) is 28.4 Å². The largest absolute Gasteiger partial charge is 0.304 e. The Kier molecular flexibility index (Phi) is 6.34. The quantitative estimate of drug-likeness (QED) is 0.360. The van der Waals surface area contributed by atoms with Gasteiger partial charge >= 0.3 is 0 Å². The van der Waals surface area contributed by atoms with Gasteiger partial charge in [-0.3, -0.25) is 29.7 Å². The molecule has 0 atom stereocenters. The molecule has 3 rings (SSSR count). The highest BCUT2D eigenvalue weighted by Gasteiger charge is 2.21. The molecule has 1 aromatic heterocycles. The minimum atomic E-state index is -0.815. The molecular formula is C17H10BrCl2N5O5. The van der Waals surface area contributed by atoms with Crippen LogP contribution < -0.4 is 5.32 Å². The molecule has 0 saturated carbocycles. The predicted molar refractivity (Wildman–Crippen MR) is 113 cm³/mol. The maximum absolute atomic E-state index is 12.5. The number of nitrogens with zero attached hydrogens (tertiary/aromatic N) is 4. The molecule has 0 saturated heterocycles. The zero-order valence-electron chi connectivity index (χ0n) is 14.7. The van der Waals surface area contributed by atoms with E-state index in [2.05, 4.69) is 26.3 Å². The molecule has 1 N–H and O–H groups in total. The van der Waals surface area contributed by atoms with Gasteiger partial charge in [0.25, 0.3) is 17.3 Å². The van der Waals surface area contributed by atoms with Crippen molar-refractivity contribution >= 4 is 62.2 Å². The summed E-state index contributed by atoms with van der Waals surface area (Å²) in [7, 11) is 0. The highest BCUT2D eigenvalue weighted by molar-refractivity contribution is 9.10. The van der Waals surface area contributed by atoms with E-state index in [4.69, 9.17) is 23.2 Å². The lowest BCUT2D eigenvalue weighted by Crippen LogP contribution is -2.14. The number of nitrogens with one attached hydrogen (secondary N) is 1. The summed E-state index contributed by atoms with van der Waals surface area (Å²) in [6.45, 7) is 0.284. The number of anilines is 1. The van der Waals surface area contributed by atoms with Crippen molar-refractivity contribution in [2.45, 2.75) is 6.54 Å². The average molecular weight is 515 g/mol. The van der Waals surface area contributed by atoms with Gasteiger partial charge in [-0.25, -0.2) is 0 Å². The number of aromatic nitrogens is 2. The summed E-state index contributed by atoms with van der Waals surface area (Å²) in [4.78, 5) is 32.9. The summed E-state index contributed by atoms with van der Waals surface area (Å²) in [5, 5.41) is 29.6. The first-order chi connectivity index (χ1) is 14.1. The Morgan fingerprint density at radius 1 is 1.10 bits per heavy atom. The zero-order chi connectivity index (χ0) is 22.0. The van der Waals surface area contributed by atoms with Crippen molar-refractivity contribution in [3.8, 4) is 0 Å². The highest BCUT2D eigenvalue weighted by Crippen LogP contribution is 2.26. The monoisotopic (exact) mass is 513 g/mol. The topological polar surface area (TPSA) is 133 Å². The third-order valence-corrected chi connectivity index (χ3v) is 5.05. The van der Waals surface area contributed by atoms with Crippen LogP contribution in [0.1, 0.15) is 15.9 Å². The van der Waals surface area contributed by atoms with E-state index in [0.717, 1.165) is 23.8 Å². The van der Waals surface area contributed by atoms with Gasteiger partial charge in [-0.15, -0.1) is 0 Å². The SMILES string of the molecule is O=C(Nc1nn(Cc2ccc(Cl)cc2Cl)cc1Br)c1cc([N+](=O)[O-])cc([N+](=O)[O-])c1. The number of amides is 1. The summed E-state index contributed by atoms with van der Waals surface area (Å²) < 4.78 is 1.94. The number of carbonyl (C=O) groups is 1. The molecule has 0 aliphatic heterocycles. The van der Waals surface area contributed by atoms with Gasteiger partial charge in [-0.2, -0.15) is 5.10 Å². The van der Waals surface area contributed by atoms with Crippen molar-refractivity contribution in [1.29, 1.82) is 0 Å². The first-order valence-corrected chi connectivity index (χ1v) is 9.61. The van der Waals surface area contributed by atoms with Crippen LogP contribution in [0.3, 0.4) is 0 Å². The minimum Gasteiger partial charge on any atom is -0.304 e. The second-order valence-corrected chi connectivity index (χ2v) is 7.66. The first kappa shape index (κ1) is 21.7. The fourth-order valence-electron chi connectivity index (χ4n) is 2.50. The molecular weight excluding hydrogens is 505 g/mol. The van der Waals surface area contributed by atoms with Crippen LogP contribution in [-0.4, -0.2) is 25.5 Å². The van der Waals surface area contributed by atoms with E-state index < -0.39 is 27.1 Å². The molecule has 1 amide bonds. The second kappa shape index (κ2) is 8.78. The van der Waals surface area contributed by atoms with Crippen LogP contribution in [0.2, 0.25) is 10.0 Å². The van der Waals surface area contributed by atoms with Crippen molar-refractivity contribution in [3.05, 3.63) is 88.5 Å². The van der Waals surface area contributed by atoms with Crippen LogP contribution in [-0.2, 0) is 6.54 Å². The Morgan fingerprint density at radius 2 is 1.73 bits per heavy atom. The Morgan fingerprint density at radius 3 is 2.30 bits per heavy atom. The molecule has 3 aromatic rings. The van der Waals surface area contributed by atoms with E-state index >= 15 is 0 Å². The van der Waals surface area contributed by atoms with Gasteiger partial charge in [0.05, 0.1) is 32.5 Å². The summed E-state index contributed by atoms with van der Waals surface area (Å²) in [6, 6.07) is 7.67. The maximum Gasteiger partial charge on any atom is 0.277 e. The van der Waals surface area contributed by atoms with Crippen LogP contribution in [0.25, 0.3) is 0 Å². The normalized spacial score (nSPS) is 10.6. The lowest BCUT2D eigenvalue weighted by Gasteiger charge is -2.05. The lowest BCUT2D eigenvalue weighted by atomic mass is 10.1. The number of halogens is 3. The molecule has 0 aliphatic rings. The molecule has 0 fully saturated rings. The first-order valence-electron chi connectivity index (χ1n) is 8.06. The highest BCUT2D eigenvalue weighted by atomic mass is 79.9. The van der Waals surface area contributed by atoms with Gasteiger partial charge in [0.1, 0.15) is 0 Å². The number of carbonyl (C=O) groups excluding carboxylic acids is 1. The number of hydrogen-bond donors (Lipinski definition) is 1. The van der Waals surface area contributed by atoms with E-state index in [-0.39, 0.29) is 17.9 Å². The predicted octanol–water partition coefficient (Wildman–Crippen LogP) is 5.07. The number of nitro groups is 2. The van der Waals surface area contributed by atoms with Gasteiger partial charge in [-0.1, -0.05) is 29.3 Å². The van der Waals surface area contributed by atoms with Crippen LogP contribution in [0, 0.1) is 20.2 Å². The minimum absolute atomic E-state index is 0.124. The van der Waals surface area contributed by atoms with Crippen LogP contribution in [0.4, 0.5) is 17.2 Å². The van der Waals surface area contributed by atoms with E-state index in [9.17, 15) is 25.0 Å². The fraction of sp³-hybridized carbons (Fsp3) is 0.0588. The molecule has 10 nitrogen and oxygen atoms in total. The van der Waals surface area contributed by atoms with Crippen molar-refractivity contribution in [2.75, 3.05) is 5.32 Å². The Balaban J connectivity index is 1.84. The molecule has 0 radical (unpaired) electrons. The summed E-state index contributed by atoms with van der Waals surface area (Å²) in [5.41, 5.74) is -0.658. The zero-order valence-corrected chi connectivity index (χ0v) is 17.8. The maximum atomic E-state index is 12.5. The molecule has 1 heterocycles. The smallest absolute Gasteiger partial charge is 0.277 e. The van der Waals surface area contributed by atoms with Gasteiger partial charge in [0.15, 0.2) is 5.82 Å². The lowest BCUT2D eigenvalue weighted by molar-refractivity contribution is -0.394. The third kappa shape index (κ3) is 4.93. The van der Waals surface area contributed by atoms with E-state index in [1.165, 1.54) is 4.68 Å². The van der Waals surface area contributed by atoms with Gasteiger partial charge < -0.3 is 5.32 Å². The molecule has 0 aliphatic carbocycles. The summed E-state index contributed by atoms with van der Waals surface area (Å²) >= 11 is 15.3. The second-order valence-electron chi connectivity index (χ2n) is 5.97. The summed E-state index contributed by atoms with van der Waals surface area (Å²) in [6.07, 6.45) is 1.59. The third-order valence-electron chi connectivity index (χ3n) is 3.88. The van der Waals surface area contributed by atoms with E-state index in [1.54, 1.807) is 24.4 Å². The van der Waals surface area contributed by atoms with Crippen molar-refractivity contribution in [3.63, 3.8) is 0 Å². The van der Waals surface area contributed by atoms with Crippen LogP contribution in [0.15, 0.2) is 47.1 Å². The average Bonchev–Trinajstić information content (AvgIpc) is 3.02. The number of rotatable bonds is 6. The van der Waals surface area contributed by atoms with Crippen LogP contribution in [0.5, 0.6) is 0 Å². The Bertz CT molecular complexity index is 1150. The van der Waals surface area contributed by atoms with Gasteiger partial charge in [0.2, 0.25) is 0 Å². The molecule has 0 bridgehead atoms. The van der Waals surface area contributed by atoms with Crippen LogP contribution >= 0.6 is 39.1 Å². The van der Waals surface area contributed by atoms with Crippen molar-refractivity contribution < 1.29 is 14.6 Å². The standard InChI is InChI=1S/C17H10BrCl2N5O5/c18-14-8-23(7-9-1-2-11(19)5-15(9)20)22-16(14)21-17(26)10-3-12(24(27)28)6-13(4-10)25(29)30/h1-6,8H,7H2,(H,21,22,26). The number of nitro benzene ring substituents is 2. The molecule has 0 spiro atoms. The van der Waals surface area contributed by atoms with E-state index in [1.807, 2.05) is 0 Å². The molecule has 13 heteroatoms. The van der Waals surface area contributed by atoms with Crippen molar-refractivity contribution in [2.24, 2.45) is 0 Å². The Hall–Kier alpha value is -3.02. The number of non-ortho nitro benzene ring substituents is 2. The number of benzene rings is 2. The molecule has 30 heavy (non-hydrogen) atoms.